The summed E-state index contributed by atoms with van der Waals surface area (Å²) in [5.74, 6) is 0. The molecule has 0 saturated carbocycles. The van der Waals surface area contributed by atoms with Crippen LogP contribution in [0.2, 0.25) is 0 Å². The van der Waals surface area contributed by atoms with Crippen LogP contribution in [-0.4, -0.2) is 19.6 Å². The lowest BCUT2D eigenvalue weighted by Crippen LogP contribution is -3.00. The van der Waals surface area contributed by atoms with E-state index in [0.717, 1.165) is 4.48 Å². The van der Waals surface area contributed by atoms with Crippen LogP contribution in [0.1, 0.15) is 20.8 Å². The van der Waals surface area contributed by atoms with Crippen molar-refractivity contribution in [1.29, 1.82) is 0 Å². The second kappa shape index (κ2) is 7.69. The van der Waals surface area contributed by atoms with Crippen LogP contribution in [0.3, 0.4) is 0 Å². The maximum Gasteiger partial charge on any atom is 0.132 e. The Bertz CT molecular complexity index is 237. The van der Waals surface area contributed by atoms with Crippen molar-refractivity contribution in [2.45, 2.75) is 20.8 Å². The lowest BCUT2D eigenvalue weighted by atomic mass is 10.2. The molecule has 0 saturated heterocycles. The van der Waals surface area contributed by atoms with Gasteiger partial charge in [-0.15, -0.1) is 0 Å². The molecule has 0 aliphatic heterocycles. The Morgan fingerprint density at radius 3 is 1.60 bits per heavy atom. The summed E-state index contributed by atoms with van der Waals surface area (Å²) in [7, 11) is 0. The topological polar surface area (TPSA) is 35.0 Å². The van der Waals surface area contributed by atoms with Crippen LogP contribution in [0.25, 0.3) is 0 Å². The van der Waals surface area contributed by atoms with Gasteiger partial charge in [-0.05, 0) is 32.9 Å². The molecule has 3 N–H and O–H groups in total. The smallest absolute Gasteiger partial charge is 0.132 e. The third-order valence-electron chi connectivity index (χ3n) is 3.12. The summed E-state index contributed by atoms with van der Waals surface area (Å²) in [6, 6.07) is 10.8. The highest BCUT2D eigenvalue weighted by molar-refractivity contribution is 5.42. The summed E-state index contributed by atoms with van der Waals surface area (Å²) in [6.45, 7) is 10.3. The molecule has 0 amide bonds. The van der Waals surface area contributed by atoms with Crippen molar-refractivity contribution in [2.75, 3.05) is 19.6 Å². The highest BCUT2D eigenvalue weighted by Crippen LogP contribution is 2.21. The van der Waals surface area contributed by atoms with E-state index in [2.05, 4.69) is 51.1 Å². The second-order valence-corrected chi connectivity index (χ2v) is 3.43. The zero-order valence-electron chi connectivity index (χ0n) is 10.0. The Morgan fingerprint density at radius 2 is 1.27 bits per heavy atom. The van der Waals surface area contributed by atoms with Gasteiger partial charge in [0.15, 0.2) is 0 Å². The van der Waals surface area contributed by atoms with Crippen LogP contribution < -0.4 is 23.0 Å². The van der Waals surface area contributed by atoms with Gasteiger partial charge in [0.1, 0.15) is 5.69 Å². The third-order valence-corrected chi connectivity index (χ3v) is 3.12. The fourth-order valence-electron chi connectivity index (χ4n) is 1.96. The molecular weight excluding hydrogens is 208 g/mol. The summed E-state index contributed by atoms with van der Waals surface area (Å²) in [4.78, 5) is 0. The summed E-state index contributed by atoms with van der Waals surface area (Å²) in [5, 5.41) is 0. The van der Waals surface area contributed by atoms with Gasteiger partial charge >= 0.3 is 0 Å². The Balaban J connectivity index is 0. The molecule has 0 bridgehead atoms. The van der Waals surface area contributed by atoms with Crippen LogP contribution in [-0.2, 0) is 0 Å². The minimum absolute atomic E-state index is 0. The van der Waals surface area contributed by atoms with Crippen LogP contribution in [0.5, 0.6) is 0 Å². The van der Waals surface area contributed by atoms with Gasteiger partial charge in [0, 0.05) is 0 Å². The van der Waals surface area contributed by atoms with Crippen LogP contribution in [0.4, 0.5) is 5.69 Å². The van der Waals surface area contributed by atoms with Gasteiger partial charge in [-0.2, -0.15) is 0 Å². The zero-order valence-corrected chi connectivity index (χ0v) is 10.8. The molecule has 0 heterocycles. The number of hydrogen-bond donors (Lipinski definition) is 1. The molecule has 0 aliphatic carbocycles. The normalized spacial score (nSPS) is 10.1. The molecule has 0 aromatic heterocycles. The quantitative estimate of drug-likeness (QED) is 0.738. The van der Waals surface area contributed by atoms with Gasteiger partial charge in [0.2, 0.25) is 0 Å². The predicted octanol–water partition coefficient (Wildman–Crippen LogP) is 0.220. The highest BCUT2D eigenvalue weighted by Gasteiger charge is 2.23. The van der Waals surface area contributed by atoms with Crippen molar-refractivity contribution >= 4 is 5.69 Å². The summed E-state index contributed by atoms with van der Waals surface area (Å²) in [6.07, 6.45) is 0. The third kappa shape index (κ3) is 3.49. The molecule has 15 heavy (non-hydrogen) atoms. The van der Waals surface area contributed by atoms with E-state index in [1.165, 1.54) is 25.3 Å². The van der Waals surface area contributed by atoms with Crippen molar-refractivity contribution in [3.8, 4) is 0 Å². The lowest BCUT2D eigenvalue weighted by molar-refractivity contribution is -0.00000331. The fraction of sp³-hybridized carbons (Fsp3) is 0.500. The van der Waals surface area contributed by atoms with E-state index in [1.54, 1.807) is 0 Å². The number of benzene rings is 1. The second-order valence-electron chi connectivity index (χ2n) is 3.43. The number of hydrogen-bond acceptors (Lipinski definition) is 1. The van der Waals surface area contributed by atoms with E-state index in [-0.39, 0.29) is 18.6 Å². The Kier molecular flexibility index (Phi) is 8.63. The number of rotatable bonds is 4. The minimum atomic E-state index is 0. The molecule has 88 valence electrons. The SMILES string of the molecule is CC[N+](CC)(CC)c1ccccc1.N.[Cl-]. The van der Waals surface area contributed by atoms with E-state index in [1.807, 2.05) is 0 Å². The van der Waals surface area contributed by atoms with E-state index in [0.29, 0.717) is 0 Å². The largest absolute Gasteiger partial charge is 1.00 e. The molecule has 0 atom stereocenters. The molecule has 2 nitrogen and oxygen atoms in total. The first kappa shape index (κ1) is 16.8. The van der Waals surface area contributed by atoms with Gasteiger partial charge in [-0.3, -0.25) is 4.48 Å². The first-order valence-electron chi connectivity index (χ1n) is 5.20. The molecule has 0 aliphatic rings. The first-order valence-corrected chi connectivity index (χ1v) is 5.20. The van der Waals surface area contributed by atoms with Gasteiger partial charge in [-0.25, -0.2) is 0 Å². The monoisotopic (exact) mass is 230 g/mol. The molecule has 0 unspecified atom stereocenters. The van der Waals surface area contributed by atoms with Crippen LogP contribution in [0, 0.1) is 0 Å². The first-order chi connectivity index (χ1) is 6.29. The van der Waals surface area contributed by atoms with Crippen molar-refractivity contribution in [2.24, 2.45) is 0 Å². The number of nitrogens with zero attached hydrogens (tertiary/aromatic N) is 1. The van der Waals surface area contributed by atoms with Gasteiger partial charge in [0.05, 0.1) is 19.6 Å². The highest BCUT2D eigenvalue weighted by atomic mass is 35.5. The van der Waals surface area contributed by atoms with E-state index in [9.17, 15) is 0 Å². The fourth-order valence-corrected chi connectivity index (χ4v) is 1.96. The van der Waals surface area contributed by atoms with Gasteiger partial charge < -0.3 is 18.6 Å². The maximum absolute atomic E-state index is 2.26. The summed E-state index contributed by atoms with van der Waals surface area (Å²) in [5.41, 5.74) is 1.44. The van der Waals surface area contributed by atoms with Crippen molar-refractivity contribution < 1.29 is 12.4 Å². The molecule has 0 spiro atoms. The van der Waals surface area contributed by atoms with E-state index < -0.39 is 0 Å². The Labute approximate surface area is 99.9 Å². The average molecular weight is 231 g/mol. The van der Waals surface area contributed by atoms with Crippen molar-refractivity contribution in [1.82, 2.24) is 10.6 Å². The summed E-state index contributed by atoms with van der Waals surface area (Å²) >= 11 is 0. The molecular formula is C12H23ClN2. The number of halogens is 1. The minimum Gasteiger partial charge on any atom is -1.00 e. The number of quaternary nitrogens is 1. The molecule has 1 rings (SSSR count). The van der Waals surface area contributed by atoms with Crippen molar-refractivity contribution in [3.63, 3.8) is 0 Å². The maximum atomic E-state index is 2.26. The molecule has 1 aromatic carbocycles. The van der Waals surface area contributed by atoms with Crippen LogP contribution in [0.15, 0.2) is 30.3 Å². The predicted molar refractivity (Wildman–Crippen MR) is 64.9 cm³/mol. The molecule has 0 fully saturated rings. The van der Waals surface area contributed by atoms with E-state index in [4.69, 9.17) is 0 Å². The van der Waals surface area contributed by atoms with Gasteiger partial charge in [0.25, 0.3) is 0 Å². The molecule has 0 radical (unpaired) electrons. The molecule has 1 aromatic rings. The zero-order chi connectivity index (χ0) is 9.73. The lowest BCUT2D eigenvalue weighted by Gasteiger charge is -2.35. The Morgan fingerprint density at radius 1 is 0.867 bits per heavy atom. The van der Waals surface area contributed by atoms with E-state index >= 15 is 0 Å². The summed E-state index contributed by atoms with van der Waals surface area (Å²) < 4.78 is 1.10. The number of para-hydroxylation sites is 1. The van der Waals surface area contributed by atoms with Crippen LogP contribution >= 0.6 is 0 Å². The molecule has 3 heteroatoms. The Hall–Kier alpha value is -0.570. The van der Waals surface area contributed by atoms with Crippen molar-refractivity contribution in [3.05, 3.63) is 30.3 Å². The standard InChI is InChI=1S/C12H20N.ClH.H3N/c1-4-13(5-2,6-3)12-10-8-7-9-11-12;;/h7-11H,4-6H2,1-3H3;1H;1H3/q+1;;/p-1. The average Bonchev–Trinajstić information content (AvgIpc) is 2.23. The van der Waals surface area contributed by atoms with Gasteiger partial charge in [-0.1, -0.05) is 18.2 Å².